The molecule has 1 aliphatic heterocycles. The van der Waals surface area contributed by atoms with Crippen LogP contribution in [-0.4, -0.2) is 48.1 Å². The molecule has 1 aromatic heterocycles. The average Bonchev–Trinajstić information content (AvgIpc) is 2.42. The molecule has 1 saturated heterocycles. The van der Waals surface area contributed by atoms with Gasteiger partial charge in [-0.3, -0.25) is 0 Å². The summed E-state index contributed by atoms with van der Waals surface area (Å²) in [6.45, 7) is 6.05. The van der Waals surface area contributed by atoms with Crippen molar-refractivity contribution in [2.75, 3.05) is 37.4 Å². The van der Waals surface area contributed by atoms with Crippen LogP contribution in [0.3, 0.4) is 0 Å². The Morgan fingerprint density at radius 3 is 2.80 bits per heavy atom. The van der Waals surface area contributed by atoms with Gasteiger partial charge in [-0.2, -0.15) is 0 Å². The maximum absolute atomic E-state index is 12.3. The van der Waals surface area contributed by atoms with Gasteiger partial charge in [0.05, 0.1) is 6.20 Å². The van der Waals surface area contributed by atoms with E-state index < -0.39 is 0 Å². The molecule has 1 aromatic rings. The highest BCUT2D eigenvalue weighted by molar-refractivity contribution is 5.92. The molecule has 0 bridgehead atoms. The van der Waals surface area contributed by atoms with Gasteiger partial charge in [-0.25, -0.2) is 14.8 Å². The van der Waals surface area contributed by atoms with E-state index >= 15 is 0 Å². The van der Waals surface area contributed by atoms with E-state index in [1.165, 1.54) is 6.33 Å². The minimum atomic E-state index is -0.0679. The van der Waals surface area contributed by atoms with Crippen molar-refractivity contribution >= 4 is 17.5 Å². The lowest BCUT2D eigenvalue weighted by molar-refractivity contribution is 0.154. The zero-order valence-corrected chi connectivity index (χ0v) is 12.6. The molecule has 20 heavy (non-hydrogen) atoms. The topological polar surface area (TPSA) is 61.4 Å². The summed E-state index contributed by atoms with van der Waals surface area (Å²) < 4.78 is 0. The Bertz CT molecular complexity index is 476. The van der Waals surface area contributed by atoms with Crippen molar-refractivity contribution in [3.63, 3.8) is 0 Å². The Morgan fingerprint density at radius 2 is 2.15 bits per heavy atom. The number of aromatic nitrogens is 2. The predicted octanol–water partition coefficient (Wildman–Crippen LogP) is 2.05. The van der Waals surface area contributed by atoms with Crippen molar-refractivity contribution in [2.45, 2.75) is 20.3 Å². The van der Waals surface area contributed by atoms with E-state index in [0.29, 0.717) is 23.3 Å². The van der Waals surface area contributed by atoms with Crippen molar-refractivity contribution in [3.8, 4) is 0 Å². The number of hydrogen-bond acceptors (Lipinski definition) is 4. The molecule has 0 saturated carbocycles. The Morgan fingerprint density at radius 1 is 1.40 bits per heavy atom. The molecule has 6 nitrogen and oxygen atoms in total. The van der Waals surface area contributed by atoms with Gasteiger partial charge in [-0.1, -0.05) is 13.8 Å². The molecule has 2 rings (SSSR count). The maximum Gasteiger partial charge on any atom is 0.321 e. The van der Waals surface area contributed by atoms with Crippen molar-refractivity contribution in [1.29, 1.82) is 0 Å². The minimum absolute atomic E-state index is 0.0679. The summed E-state index contributed by atoms with van der Waals surface area (Å²) in [7, 11) is 3.78. The normalized spacial score (nSPS) is 22.5. The van der Waals surface area contributed by atoms with Gasteiger partial charge in [0.2, 0.25) is 0 Å². The van der Waals surface area contributed by atoms with Crippen LogP contribution in [0.25, 0.3) is 0 Å². The Labute approximate surface area is 120 Å². The summed E-state index contributed by atoms with van der Waals surface area (Å²) in [5.41, 5.74) is 0.647. The molecule has 110 valence electrons. The lowest BCUT2D eigenvalue weighted by atomic mass is 9.89. The SMILES string of the molecule is C[C@H]1CCN(C(=O)Nc2cncnc2N(C)C)C[C@@H]1C. The van der Waals surface area contributed by atoms with E-state index in [4.69, 9.17) is 0 Å². The van der Waals surface area contributed by atoms with Gasteiger partial charge < -0.3 is 15.1 Å². The van der Waals surface area contributed by atoms with Gasteiger partial charge in [-0.15, -0.1) is 0 Å². The van der Waals surface area contributed by atoms with Gasteiger partial charge >= 0.3 is 6.03 Å². The van der Waals surface area contributed by atoms with Gasteiger partial charge in [0, 0.05) is 27.2 Å². The number of amides is 2. The van der Waals surface area contributed by atoms with Crippen LogP contribution in [0.1, 0.15) is 20.3 Å². The first-order valence-electron chi connectivity index (χ1n) is 7.02. The highest BCUT2D eigenvalue weighted by Gasteiger charge is 2.26. The second kappa shape index (κ2) is 6.07. The Balaban J connectivity index is 2.05. The summed E-state index contributed by atoms with van der Waals surface area (Å²) in [5.74, 6) is 1.93. The summed E-state index contributed by atoms with van der Waals surface area (Å²) in [4.78, 5) is 24.2. The third-order valence-corrected chi connectivity index (χ3v) is 3.98. The largest absolute Gasteiger partial charge is 0.361 e. The molecular formula is C14H23N5O. The van der Waals surface area contributed by atoms with Crippen molar-refractivity contribution in [2.24, 2.45) is 11.8 Å². The second-order valence-electron chi connectivity index (χ2n) is 5.77. The fourth-order valence-corrected chi connectivity index (χ4v) is 2.41. The summed E-state index contributed by atoms with van der Waals surface area (Å²) >= 11 is 0. The minimum Gasteiger partial charge on any atom is -0.361 e. The van der Waals surface area contributed by atoms with E-state index in [-0.39, 0.29) is 6.03 Å². The number of piperidine rings is 1. The van der Waals surface area contributed by atoms with Crippen LogP contribution in [0.5, 0.6) is 0 Å². The highest BCUT2D eigenvalue weighted by Crippen LogP contribution is 2.24. The number of carbonyl (C=O) groups is 1. The first-order chi connectivity index (χ1) is 9.49. The van der Waals surface area contributed by atoms with Crippen molar-refractivity contribution < 1.29 is 4.79 Å². The highest BCUT2D eigenvalue weighted by atomic mass is 16.2. The van der Waals surface area contributed by atoms with E-state index in [2.05, 4.69) is 29.1 Å². The molecule has 2 heterocycles. The van der Waals surface area contributed by atoms with Crippen molar-refractivity contribution in [3.05, 3.63) is 12.5 Å². The van der Waals surface area contributed by atoms with Crippen molar-refractivity contribution in [1.82, 2.24) is 14.9 Å². The number of nitrogens with zero attached hydrogens (tertiary/aromatic N) is 4. The first-order valence-corrected chi connectivity index (χ1v) is 7.02. The first kappa shape index (κ1) is 14.6. The molecule has 0 spiro atoms. The van der Waals surface area contributed by atoms with E-state index in [0.717, 1.165) is 19.5 Å². The van der Waals surface area contributed by atoms with Gasteiger partial charge in [0.25, 0.3) is 0 Å². The number of carbonyl (C=O) groups excluding carboxylic acids is 1. The number of nitrogens with one attached hydrogen (secondary N) is 1. The quantitative estimate of drug-likeness (QED) is 0.898. The number of urea groups is 1. The Kier molecular flexibility index (Phi) is 4.42. The molecule has 6 heteroatoms. The maximum atomic E-state index is 12.3. The predicted molar refractivity (Wildman–Crippen MR) is 79.9 cm³/mol. The van der Waals surface area contributed by atoms with Gasteiger partial charge in [0.15, 0.2) is 5.82 Å². The lowest BCUT2D eigenvalue weighted by Gasteiger charge is -2.35. The van der Waals surface area contributed by atoms with E-state index in [1.807, 2.05) is 23.9 Å². The number of rotatable bonds is 2. The number of hydrogen-bond donors (Lipinski definition) is 1. The summed E-state index contributed by atoms with van der Waals surface area (Å²) in [6, 6.07) is -0.0679. The molecule has 0 unspecified atom stereocenters. The van der Waals surface area contributed by atoms with E-state index in [1.54, 1.807) is 6.20 Å². The average molecular weight is 277 g/mol. The van der Waals surface area contributed by atoms with Crippen LogP contribution in [-0.2, 0) is 0 Å². The van der Waals surface area contributed by atoms with Crippen LogP contribution >= 0.6 is 0 Å². The molecule has 0 aromatic carbocycles. The van der Waals surface area contributed by atoms with Crippen LogP contribution in [0.2, 0.25) is 0 Å². The molecule has 1 fully saturated rings. The third kappa shape index (κ3) is 3.18. The second-order valence-corrected chi connectivity index (χ2v) is 5.77. The molecule has 1 N–H and O–H groups in total. The summed E-state index contributed by atoms with van der Waals surface area (Å²) in [5, 5.41) is 2.92. The smallest absolute Gasteiger partial charge is 0.321 e. The third-order valence-electron chi connectivity index (χ3n) is 3.98. The monoisotopic (exact) mass is 277 g/mol. The zero-order chi connectivity index (χ0) is 14.7. The molecule has 1 aliphatic rings. The molecule has 0 radical (unpaired) electrons. The fraction of sp³-hybridized carbons (Fsp3) is 0.643. The van der Waals surface area contributed by atoms with Crippen LogP contribution in [0, 0.1) is 11.8 Å². The fourth-order valence-electron chi connectivity index (χ4n) is 2.41. The number of likely N-dealkylation sites (tertiary alicyclic amines) is 1. The van der Waals surface area contributed by atoms with E-state index in [9.17, 15) is 4.79 Å². The van der Waals surface area contributed by atoms with Gasteiger partial charge in [0.1, 0.15) is 12.0 Å². The molecular weight excluding hydrogens is 254 g/mol. The number of anilines is 2. The standard InChI is InChI=1S/C14H23N5O/c1-10-5-6-19(8-11(10)2)14(20)17-12-7-15-9-16-13(12)18(3)4/h7,9-11H,5-6,8H2,1-4H3,(H,17,20)/t10-,11-/m0/s1. The zero-order valence-electron chi connectivity index (χ0n) is 12.6. The van der Waals surface area contributed by atoms with Crippen LogP contribution in [0.15, 0.2) is 12.5 Å². The summed E-state index contributed by atoms with van der Waals surface area (Å²) in [6.07, 6.45) is 4.17. The molecule has 0 aliphatic carbocycles. The van der Waals surface area contributed by atoms with Crippen LogP contribution in [0.4, 0.5) is 16.3 Å². The Hall–Kier alpha value is -1.85. The van der Waals surface area contributed by atoms with Gasteiger partial charge in [-0.05, 0) is 18.3 Å². The lowest BCUT2D eigenvalue weighted by Crippen LogP contribution is -2.44. The molecule has 2 amide bonds. The van der Waals surface area contributed by atoms with Crippen LogP contribution < -0.4 is 10.2 Å². The molecule has 2 atom stereocenters.